The van der Waals surface area contributed by atoms with Crippen LogP contribution >= 0.6 is 0 Å². The maximum Gasteiger partial charge on any atom is 0.0856 e. The van der Waals surface area contributed by atoms with Crippen molar-refractivity contribution in [1.29, 1.82) is 5.41 Å². The van der Waals surface area contributed by atoms with Crippen LogP contribution in [0.2, 0.25) is 0 Å². The maximum atomic E-state index is 7.78. The van der Waals surface area contributed by atoms with Gasteiger partial charge in [0.25, 0.3) is 0 Å². The highest BCUT2D eigenvalue weighted by molar-refractivity contribution is 6.13. The topological polar surface area (TPSA) is 97.2 Å². The fourth-order valence-corrected chi connectivity index (χ4v) is 1.47. The minimum atomic E-state index is 0.0196. The number of hydrogen-bond acceptors (Lipinski definition) is 5. The molecule has 0 fully saturated rings. The molecule has 1 aliphatic carbocycles. The average Bonchev–Trinajstić information content (AvgIpc) is 2.25. The van der Waals surface area contributed by atoms with E-state index < -0.39 is 0 Å². The molecule has 94 valence electrons. The van der Waals surface area contributed by atoms with E-state index in [1.54, 1.807) is 19.3 Å². The van der Waals surface area contributed by atoms with Crippen LogP contribution in [0.15, 0.2) is 35.2 Å². The lowest BCUT2D eigenvalue weighted by Crippen LogP contribution is -2.23. The van der Waals surface area contributed by atoms with E-state index in [2.05, 4.69) is 5.32 Å². The van der Waals surface area contributed by atoms with E-state index in [0.29, 0.717) is 24.6 Å². The van der Waals surface area contributed by atoms with Crippen molar-refractivity contribution in [3.8, 4) is 0 Å². The Morgan fingerprint density at radius 2 is 2.24 bits per heavy atom. The van der Waals surface area contributed by atoms with E-state index >= 15 is 0 Å². The van der Waals surface area contributed by atoms with E-state index in [-0.39, 0.29) is 6.04 Å². The third-order valence-electron chi connectivity index (χ3n) is 2.21. The highest BCUT2D eigenvalue weighted by Crippen LogP contribution is 2.16. The van der Waals surface area contributed by atoms with Crippen LogP contribution in [-0.4, -0.2) is 32.0 Å². The van der Waals surface area contributed by atoms with Crippen LogP contribution in [0.3, 0.4) is 0 Å². The van der Waals surface area contributed by atoms with Crippen LogP contribution in [0, 0.1) is 5.41 Å². The van der Waals surface area contributed by atoms with Crippen LogP contribution in [0.4, 0.5) is 0 Å². The van der Waals surface area contributed by atoms with Crippen LogP contribution < -0.4 is 16.8 Å². The normalized spacial score (nSPS) is 19.9. The van der Waals surface area contributed by atoms with E-state index in [1.165, 1.54) is 0 Å². The first-order valence-electron chi connectivity index (χ1n) is 5.52. The molecular weight excluding hydrogens is 216 g/mol. The van der Waals surface area contributed by atoms with Crippen LogP contribution in [-0.2, 0) is 4.74 Å². The molecule has 1 rings (SSSR count). The van der Waals surface area contributed by atoms with Crippen molar-refractivity contribution >= 4 is 5.71 Å². The first kappa shape index (κ1) is 13.5. The number of nitrogens with one attached hydrogen (secondary N) is 2. The molecule has 0 saturated carbocycles. The molecule has 0 aromatic carbocycles. The highest BCUT2D eigenvalue weighted by Gasteiger charge is 2.13. The van der Waals surface area contributed by atoms with Gasteiger partial charge in [-0.2, -0.15) is 0 Å². The summed E-state index contributed by atoms with van der Waals surface area (Å²) in [5, 5.41) is 10.7. The molecule has 6 N–H and O–H groups in total. The van der Waals surface area contributed by atoms with Gasteiger partial charge in [0, 0.05) is 24.9 Å². The average molecular weight is 236 g/mol. The van der Waals surface area contributed by atoms with Crippen molar-refractivity contribution in [2.75, 3.05) is 20.3 Å². The molecule has 0 aromatic heterocycles. The summed E-state index contributed by atoms with van der Waals surface area (Å²) < 4.78 is 5.43. The third kappa shape index (κ3) is 4.05. The molecule has 1 atom stereocenters. The Bertz CT molecular complexity index is 380. The van der Waals surface area contributed by atoms with Crippen molar-refractivity contribution in [3.05, 3.63) is 35.2 Å². The van der Waals surface area contributed by atoms with Gasteiger partial charge in [0.1, 0.15) is 0 Å². The molecule has 5 nitrogen and oxygen atoms in total. The Hall–Kier alpha value is -1.59. The monoisotopic (exact) mass is 236 g/mol. The largest absolute Gasteiger partial charge is 0.397 e. The molecule has 0 aromatic rings. The fraction of sp³-hybridized carbons (Fsp3) is 0.417. The van der Waals surface area contributed by atoms with Crippen molar-refractivity contribution in [2.45, 2.75) is 13.0 Å². The van der Waals surface area contributed by atoms with Gasteiger partial charge in [-0.25, -0.2) is 0 Å². The Labute approximate surface area is 102 Å². The van der Waals surface area contributed by atoms with Crippen molar-refractivity contribution < 1.29 is 4.74 Å². The molecular formula is C12H20N4O. The van der Waals surface area contributed by atoms with Gasteiger partial charge in [0.15, 0.2) is 0 Å². The summed E-state index contributed by atoms with van der Waals surface area (Å²) >= 11 is 0. The summed E-state index contributed by atoms with van der Waals surface area (Å²) in [6.45, 7) is 2.85. The van der Waals surface area contributed by atoms with Gasteiger partial charge in [0.05, 0.1) is 24.6 Å². The third-order valence-corrected chi connectivity index (χ3v) is 2.21. The van der Waals surface area contributed by atoms with Crippen molar-refractivity contribution in [3.63, 3.8) is 0 Å². The van der Waals surface area contributed by atoms with E-state index in [9.17, 15) is 0 Å². The van der Waals surface area contributed by atoms with Gasteiger partial charge in [-0.3, -0.25) is 5.41 Å². The molecule has 0 spiro atoms. The SMILES string of the molecule is CN/C=C1/C=C(COC[C@@H](C)N)C=C(N)C1=N. The van der Waals surface area contributed by atoms with E-state index in [4.69, 9.17) is 21.6 Å². The smallest absolute Gasteiger partial charge is 0.0856 e. The minimum absolute atomic E-state index is 0.0196. The van der Waals surface area contributed by atoms with E-state index in [1.807, 2.05) is 13.0 Å². The van der Waals surface area contributed by atoms with E-state index in [0.717, 1.165) is 11.1 Å². The lowest BCUT2D eigenvalue weighted by atomic mass is 9.98. The lowest BCUT2D eigenvalue weighted by Gasteiger charge is -2.15. The summed E-state index contributed by atoms with van der Waals surface area (Å²) in [4.78, 5) is 0. The molecule has 0 bridgehead atoms. The van der Waals surface area contributed by atoms with Crippen LogP contribution in [0.1, 0.15) is 6.92 Å². The number of hydrogen-bond donors (Lipinski definition) is 4. The molecule has 0 amide bonds. The van der Waals surface area contributed by atoms with Crippen molar-refractivity contribution in [2.24, 2.45) is 11.5 Å². The molecule has 0 radical (unpaired) electrons. The Balaban J connectivity index is 2.68. The number of nitrogens with two attached hydrogens (primary N) is 2. The molecule has 5 heteroatoms. The maximum absolute atomic E-state index is 7.78. The van der Waals surface area contributed by atoms with Crippen LogP contribution in [0.5, 0.6) is 0 Å². The Kier molecular flexibility index (Phi) is 4.93. The second-order valence-corrected chi connectivity index (χ2v) is 4.07. The molecule has 0 aliphatic heterocycles. The molecule has 1 aliphatic rings. The van der Waals surface area contributed by atoms with Gasteiger partial charge in [-0.1, -0.05) is 0 Å². The summed E-state index contributed by atoms with van der Waals surface area (Å²) in [5.74, 6) is 0. The van der Waals surface area contributed by atoms with Crippen LogP contribution in [0.25, 0.3) is 0 Å². The summed E-state index contributed by atoms with van der Waals surface area (Å²) in [5.41, 5.74) is 13.8. The zero-order chi connectivity index (χ0) is 12.8. The summed E-state index contributed by atoms with van der Waals surface area (Å²) in [6.07, 6.45) is 5.39. The van der Waals surface area contributed by atoms with Gasteiger partial charge in [0.2, 0.25) is 0 Å². The minimum Gasteiger partial charge on any atom is -0.397 e. The lowest BCUT2D eigenvalue weighted by molar-refractivity contribution is 0.147. The predicted molar refractivity (Wildman–Crippen MR) is 69.7 cm³/mol. The first-order chi connectivity index (χ1) is 8.04. The number of ether oxygens (including phenoxy) is 1. The second-order valence-electron chi connectivity index (χ2n) is 4.07. The Morgan fingerprint density at radius 1 is 1.53 bits per heavy atom. The van der Waals surface area contributed by atoms with Gasteiger partial charge in [-0.05, 0) is 24.6 Å². The molecule has 0 saturated heterocycles. The zero-order valence-corrected chi connectivity index (χ0v) is 10.3. The zero-order valence-electron chi connectivity index (χ0n) is 10.3. The number of rotatable bonds is 5. The quantitative estimate of drug-likeness (QED) is 0.550. The number of allylic oxidation sites excluding steroid dienone is 2. The van der Waals surface area contributed by atoms with Gasteiger partial charge >= 0.3 is 0 Å². The van der Waals surface area contributed by atoms with Gasteiger partial charge < -0.3 is 21.5 Å². The standard InChI is InChI=1S/C12H20N4O/c1-8(13)6-17-7-9-3-10(5-16-2)12(15)11(14)4-9/h3-5,8,15-16H,6-7,13-14H2,1-2H3/b10-5-,15-12?/t8-/m1/s1. The highest BCUT2D eigenvalue weighted by atomic mass is 16.5. The second kappa shape index (κ2) is 6.22. The molecule has 17 heavy (non-hydrogen) atoms. The Morgan fingerprint density at radius 3 is 2.82 bits per heavy atom. The summed E-state index contributed by atoms with van der Waals surface area (Å²) in [7, 11) is 1.79. The predicted octanol–water partition coefficient (Wildman–Crippen LogP) is 0.256. The molecule has 0 unspecified atom stereocenters. The summed E-state index contributed by atoms with van der Waals surface area (Å²) in [6, 6.07) is 0.0196. The first-order valence-corrected chi connectivity index (χ1v) is 5.52. The van der Waals surface area contributed by atoms with Crippen molar-refractivity contribution in [1.82, 2.24) is 5.32 Å². The molecule has 0 heterocycles. The van der Waals surface area contributed by atoms with Gasteiger partial charge in [-0.15, -0.1) is 0 Å². The fourth-order valence-electron chi connectivity index (χ4n) is 1.47.